The number of amides is 2. The molecule has 0 atom stereocenters. The Kier molecular flexibility index (Phi) is 5.94. The van der Waals surface area contributed by atoms with Crippen LogP contribution in [-0.4, -0.2) is 16.4 Å². The second kappa shape index (κ2) is 7.79. The highest BCUT2D eigenvalue weighted by Crippen LogP contribution is 2.29. The predicted molar refractivity (Wildman–Crippen MR) is 87.8 cm³/mol. The molecule has 0 saturated carbocycles. The molecule has 0 aliphatic rings. The molecule has 6 nitrogen and oxygen atoms in total. The Morgan fingerprint density at radius 3 is 2.35 bits per heavy atom. The third kappa shape index (κ3) is 4.77. The number of carbonyl (C=O) groups excluding carboxylic acids is 2. The molecule has 2 rings (SSSR count). The molecule has 0 radical (unpaired) electrons. The van der Waals surface area contributed by atoms with E-state index in [9.17, 15) is 27.6 Å². The minimum absolute atomic E-state index is 0.0775. The minimum atomic E-state index is -4.74. The SMILES string of the molecule is O=C(Cn1cc(C(F)(F)F)cc(Cl)c1=O)NNC(=O)c1ccccc1Cl. The highest BCUT2D eigenvalue weighted by Gasteiger charge is 2.32. The first-order valence-corrected chi connectivity index (χ1v) is 7.66. The molecule has 0 aliphatic heterocycles. The van der Waals surface area contributed by atoms with Crippen LogP contribution in [0.15, 0.2) is 41.3 Å². The standard InChI is InChI=1S/C15H10Cl2F3N3O3/c16-10-4-2-1-3-9(10)13(25)22-21-12(24)7-23-6-8(15(18,19)20)5-11(17)14(23)26/h1-6H,7H2,(H,21,24)(H,22,25). The van der Waals surface area contributed by atoms with Crippen molar-refractivity contribution in [2.75, 3.05) is 0 Å². The molecule has 2 amide bonds. The van der Waals surface area contributed by atoms with Gasteiger partial charge in [0.2, 0.25) is 0 Å². The number of aromatic nitrogens is 1. The van der Waals surface area contributed by atoms with Crippen molar-refractivity contribution in [3.05, 3.63) is 68.1 Å². The Balaban J connectivity index is 2.09. The molecule has 2 aromatic rings. The first-order valence-electron chi connectivity index (χ1n) is 6.90. The van der Waals surface area contributed by atoms with Gasteiger partial charge in [-0.25, -0.2) is 0 Å². The summed E-state index contributed by atoms with van der Waals surface area (Å²) in [6.45, 7) is -0.786. The minimum Gasteiger partial charge on any atom is -0.304 e. The first kappa shape index (κ1) is 19.8. The van der Waals surface area contributed by atoms with Gasteiger partial charge in [0, 0.05) is 6.20 Å². The zero-order valence-corrected chi connectivity index (χ0v) is 14.2. The third-order valence-electron chi connectivity index (χ3n) is 3.12. The molecular weight excluding hydrogens is 398 g/mol. The molecule has 0 saturated heterocycles. The van der Waals surface area contributed by atoms with Crippen LogP contribution in [0.25, 0.3) is 0 Å². The molecule has 138 valence electrons. The van der Waals surface area contributed by atoms with E-state index in [0.29, 0.717) is 16.8 Å². The average molecular weight is 408 g/mol. The molecule has 1 heterocycles. The molecule has 2 N–H and O–H groups in total. The van der Waals surface area contributed by atoms with Crippen molar-refractivity contribution in [2.45, 2.75) is 12.7 Å². The quantitative estimate of drug-likeness (QED) is 0.767. The number of carbonyl (C=O) groups is 2. The zero-order valence-electron chi connectivity index (χ0n) is 12.7. The van der Waals surface area contributed by atoms with Crippen LogP contribution in [-0.2, 0) is 17.5 Å². The first-order chi connectivity index (χ1) is 12.1. The van der Waals surface area contributed by atoms with Gasteiger partial charge in [-0.05, 0) is 18.2 Å². The Bertz CT molecular complexity index is 913. The highest BCUT2D eigenvalue weighted by atomic mass is 35.5. The van der Waals surface area contributed by atoms with E-state index in [1.807, 2.05) is 10.9 Å². The van der Waals surface area contributed by atoms with Crippen LogP contribution in [0.1, 0.15) is 15.9 Å². The number of alkyl halides is 3. The van der Waals surface area contributed by atoms with Crippen LogP contribution in [0.2, 0.25) is 10.0 Å². The Hall–Kier alpha value is -2.52. The normalized spacial score (nSPS) is 11.1. The van der Waals surface area contributed by atoms with Gasteiger partial charge in [0.1, 0.15) is 11.6 Å². The van der Waals surface area contributed by atoms with Crippen molar-refractivity contribution in [1.82, 2.24) is 15.4 Å². The Labute approximate surface area is 154 Å². The number of hydrazine groups is 1. The van der Waals surface area contributed by atoms with Gasteiger partial charge >= 0.3 is 6.18 Å². The van der Waals surface area contributed by atoms with Crippen LogP contribution in [0.3, 0.4) is 0 Å². The van der Waals surface area contributed by atoms with Crippen LogP contribution in [0.4, 0.5) is 13.2 Å². The van der Waals surface area contributed by atoms with Crippen molar-refractivity contribution >= 4 is 35.0 Å². The molecular formula is C15H10Cl2F3N3O3. The Morgan fingerprint density at radius 1 is 1.08 bits per heavy atom. The molecule has 0 spiro atoms. The summed E-state index contributed by atoms with van der Waals surface area (Å²) in [6, 6.07) is 6.48. The lowest BCUT2D eigenvalue weighted by atomic mass is 10.2. The number of pyridine rings is 1. The number of halogens is 5. The van der Waals surface area contributed by atoms with Crippen LogP contribution in [0, 0.1) is 0 Å². The van der Waals surface area contributed by atoms with E-state index < -0.39 is 40.7 Å². The lowest BCUT2D eigenvalue weighted by Crippen LogP contribution is -2.44. The van der Waals surface area contributed by atoms with Gasteiger partial charge in [-0.3, -0.25) is 25.2 Å². The molecule has 0 bridgehead atoms. The summed E-state index contributed by atoms with van der Waals surface area (Å²) in [5.74, 6) is -1.68. The summed E-state index contributed by atoms with van der Waals surface area (Å²) < 4.78 is 38.7. The van der Waals surface area contributed by atoms with E-state index in [-0.39, 0.29) is 10.6 Å². The summed E-state index contributed by atoms with van der Waals surface area (Å²) >= 11 is 11.3. The number of nitrogens with zero attached hydrogens (tertiary/aromatic N) is 1. The van der Waals surface area contributed by atoms with Crippen LogP contribution in [0.5, 0.6) is 0 Å². The molecule has 0 fully saturated rings. The zero-order chi connectivity index (χ0) is 19.5. The smallest absolute Gasteiger partial charge is 0.304 e. The Morgan fingerprint density at radius 2 is 1.73 bits per heavy atom. The van der Waals surface area contributed by atoms with Crippen molar-refractivity contribution in [1.29, 1.82) is 0 Å². The second-order valence-electron chi connectivity index (χ2n) is 4.99. The highest BCUT2D eigenvalue weighted by molar-refractivity contribution is 6.33. The van der Waals surface area contributed by atoms with E-state index in [0.717, 1.165) is 0 Å². The summed E-state index contributed by atoms with van der Waals surface area (Å²) in [5.41, 5.74) is 1.94. The molecule has 0 aliphatic carbocycles. The maximum absolute atomic E-state index is 12.8. The fourth-order valence-electron chi connectivity index (χ4n) is 1.91. The molecule has 1 aromatic heterocycles. The van der Waals surface area contributed by atoms with E-state index in [2.05, 4.69) is 0 Å². The monoisotopic (exact) mass is 407 g/mol. The number of rotatable bonds is 3. The molecule has 11 heteroatoms. The fraction of sp³-hybridized carbons (Fsp3) is 0.133. The number of benzene rings is 1. The van der Waals surface area contributed by atoms with Crippen molar-refractivity contribution in [3.8, 4) is 0 Å². The van der Waals surface area contributed by atoms with Gasteiger partial charge in [-0.1, -0.05) is 35.3 Å². The largest absolute Gasteiger partial charge is 0.417 e. The maximum Gasteiger partial charge on any atom is 0.417 e. The second-order valence-corrected chi connectivity index (χ2v) is 5.80. The van der Waals surface area contributed by atoms with E-state index >= 15 is 0 Å². The van der Waals surface area contributed by atoms with Crippen molar-refractivity contribution in [3.63, 3.8) is 0 Å². The van der Waals surface area contributed by atoms with Crippen molar-refractivity contribution < 1.29 is 22.8 Å². The fourth-order valence-corrected chi connectivity index (χ4v) is 2.35. The lowest BCUT2D eigenvalue weighted by Gasteiger charge is -2.12. The lowest BCUT2D eigenvalue weighted by molar-refractivity contribution is -0.138. The van der Waals surface area contributed by atoms with Gasteiger partial charge in [-0.2, -0.15) is 13.2 Å². The van der Waals surface area contributed by atoms with Gasteiger partial charge in [0.15, 0.2) is 0 Å². The van der Waals surface area contributed by atoms with Gasteiger partial charge in [-0.15, -0.1) is 0 Å². The van der Waals surface area contributed by atoms with E-state index in [4.69, 9.17) is 23.2 Å². The predicted octanol–water partition coefficient (Wildman–Crippen LogP) is 2.64. The number of hydrogen-bond donors (Lipinski definition) is 2. The number of hydrogen-bond acceptors (Lipinski definition) is 3. The summed E-state index contributed by atoms with van der Waals surface area (Å²) in [5, 5.41) is -0.548. The van der Waals surface area contributed by atoms with Gasteiger partial charge < -0.3 is 4.57 Å². The van der Waals surface area contributed by atoms with Crippen LogP contribution >= 0.6 is 23.2 Å². The molecule has 1 aromatic carbocycles. The molecule has 0 unspecified atom stereocenters. The van der Waals surface area contributed by atoms with Crippen molar-refractivity contribution in [2.24, 2.45) is 0 Å². The van der Waals surface area contributed by atoms with Gasteiger partial charge in [0.05, 0.1) is 16.1 Å². The molecule has 26 heavy (non-hydrogen) atoms. The van der Waals surface area contributed by atoms with E-state index in [1.54, 1.807) is 12.1 Å². The van der Waals surface area contributed by atoms with E-state index in [1.165, 1.54) is 12.1 Å². The third-order valence-corrected chi connectivity index (χ3v) is 3.72. The van der Waals surface area contributed by atoms with Crippen LogP contribution < -0.4 is 16.4 Å². The average Bonchev–Trinajstić information content (AvgIpc) is 2.56. The summed E-state index contributed by atoms with van der Waals surface area (Å²) in [4.78, 5) is 35.5. The topological polar surface area (TPSA) is 80.2 Å². The number of nitrogens with one attached hydrogen (secondary N) is 2. The van der Waals surface area contributed by atoms with Gasteiger partial charge in [0.25, 0.3) is 17.4 Å². The summed E-state index contributed by atoms with van der Waals surface area (Å²) in [7, 11) is 0. The summed E-state index contributed by atoms with van der Waals surface area (Å²) in [6.07, 6.45) is -4.28. The maximum atomic E-state index is 12.8.